The number of fused-ring (bicyclic) bond motifs is 1. The van der Waals surface area contributed by atoms with Crippen LogP contribution in [0.15, 0.2) is 65.1 Å². The lowest BCUT2D eigenvalue weighted by atomic mass is 10.1. The maximum atomic E-state index is 8.81. The van der Waals surface area contributed by atoms with Crippen molar-refractivity contribution in [3.63, 3.8) is 0 Å². The second-order valence-electron chi connectivity index (χ2n) is 4.45. The zero-order chi connectivity index (χ0) is 13.9. The van der Waals surface area contributed by atoms with Crippen LogP contribution in [0.2, 0.25) is 0 Å². The molecule has 0 aliphatic rings. The van der Waals surface area contributed by atoms with E-state index in [1.807, 2.05) is 48.5 Å². The lowest BCUT2D eigenvalue weighted by Crippen LogP contribution is -1.91. The Morgan fingerprint density at radius 1 is 0.850 bits per heavy atom. The SMILES string of the molecule is N#Cc1ccc(Nc2ccc(Br)c3ccccc23)cc1. The van der Waals surface area contributed by atoms with Crippen molar-refractivity contribution in [3.05, 3.63) is 70.7 Å². The summed E-state index contributed by atoms with van der Waals surface area (Å²) in [4.78, 5) is 0. The van der Waals surface area contributed by atoms with Crippen molar-refractivity contribution >= 4 is 38.1 Å². The predicted molar refractivity (Wildman–Crippen MR) is 86.1 cm³/mol. The van der Waals surface area contributed by atoms with E-state index in [4.69, 9.17) is 5.26 Å². The Morgan fingerprint density at radius 2 is 1.55 bits per heavy atom. The first-order valence-corrected chi connectivity index (χ1v) is 7.01. The molecular weight excluding hydrogens is 312 g/mol. The molecule has 3 aromatic rings. The summed E-state index contributed by atoms with van der Waals surface area (Å²) in [6, 6.07) is 21.9. The van der Waals surface area contributed by atoms with Gasteiger partial charge in [0.25, 0.3) is 0 Å². The Kier molecular flexibility index (Phi) is 3.41. The number of anilines is 2. The number of rotatable bonds is 2. The quantitative estimate of drug-likeness (QED) is 0.702. The van der Waals surface area contributed by atoms with Gasteiger partial charge in [-0.3, -0.25) is 0 Å². The Morgan fingerprint density at radius 3 is 2.25 bits per heavy atom. The average Bonchev–Trinajstić information content (AvgIpc) is 2.51. The Bertz CT molecular complexity index is 801. The fourth-order valence-corrected chi connectivity index (χ4v) is 2.63. The molecule has 0 aliphatic heterocycles. The normalized spacial score (nSPS) is 10.2. The maximum absolute atomic E-state index is 8.81. The van der Waals surface area contributed by atoms with Crippen LogP contribution in [0.5, 0.6) is 0 Å². The van der Waals surface area contributed by atoms with E-state index >= 15 is 0 Å². The largest absolute Gasteiger partial charge is 0.355 e. The molecule has 0 radical (unpaired) electrons. The summed E-state index contributed by atoms with van der Waals surface area (Å²) in [5, 5.41) is 14.5. The third kappa shape index (κ3) is 2.38. The number of benzene rings is 3. The van der Waals surface area contributed by atoms with Gasteiger partial charge in [0.15, 0.2) is 0 Å². The summed E-state index contributed by atoms with van der Waals surface area (Å²) in [6.07, 6.45) is 0. The smallest absolute Gasteiger partial charge is 0.0991 e. The summed E-state index contributed by atoms with van der Waals surface area (Å²) in [6.45, 7) is 0. The van der Waals surface area contributed by atoms with Crippen molar-refractivity contribution < 1.29 is 0 Å². The number of nitrogens with one attached hydrogen (secondary N) is 1. The molecule has 3 rings (SSSR count). The van der Waals surface area contributed by atoms with E-state index in [9.17, 15) is 0 Å². The van der Waals surface area contributed by atoms with Gasteiger partial charge in [-0.25, -0.2) is 0 Å². The molecular formula is C17H11BrN2. The molecule has 20 heavy (non-hydrogen) atoms. The summed E-state index contributed by atoms with van der Waals surface area (Å²) in [7, 11) is 0. The Labute approximate surface area is 125 Å². The first kappa shape index (κ1) is 12.7. The molecule has 0 atom stereocenters. The van der Waals surface area contributed by atoms with Crippen LogP contribution in [0.25, 0.3) is 10.8 Å². The number of hydrogen-bond donors (Lipinski definition) is 1. The summed E-state index contributed by atoms with van der Waals surface area (Å²) >= 11 is 3.57. The van der Waals surface area contributed by atoms with Gasteiger partial charge in [-0.05, 0) is 41.8 Å². The van der Waals surface area contributed by atoms with E-state index in [2.05, 4.69) is 39.4 Å². The molecule has 2 nitrogen and oxygen atoms in total. The van der Waals surface area contributed by atoms with Crippen molar-refractivity contribution in [2.45, 2.75) is 0 Å². The van der Waals surface area contributed by atoms with Crippen LogP contribution in [-0.2, 0) is 0 Å². The van der Waals surface area contributed by atoms with E-state index in [1.54, 1.807) is 0 Å². The van der Waals surface area contributed by atoms with Gasteiger partial charge < -0.3 is 5.32 Å². The lowest BCUT2D eigenvalue weighted by molar-refractivity contribution is 1.48. The highest BCUT2D eigenvalue weighted by molar-refractivity contribution is 9.10. The first-order chi connectivity index (χ1) is 9.78. The summed E-state index contributed by atoms with van der Waals surface area (Å²) < 4.78 is 1.08. The van der Waals surface area contributed by atoms with Crippen LogP contribution in [0.1, 0.15) is 5.56 Å². The molecule has 0 aromatic heterocycles. The molecule has 0 saturated heterocycles. The van der Waals surface area contributed by atoms with Crippen molar-refractivity contribution in [2.75, 3.05) is 5.32 Å². The highest BCUT2D eigenvalue weighted by atomic mass is 79.9. The monoisotopic (exact) mass is 322 g/mol. The van der Waals surface area contributed by atoms with Crippen LogP contribution in [0.3, 0.4) is 0 Å². The van der Waals surface area contributed by atoms with E-state index in [1.165, 1.54) is 5.39 Å². The van der Waals surface area contributed by atoms with Crippen molar-refractivity contribution in [2.24, 2.45) is 0 Å². The lowest BCUT2D eigenvalue weighted by Gasteiger charge is -2.11. The van der Waals surface area contributed by atoms with Gasteiger partial charge in [-0.2, -0.15) is 5.26 Å². The number of nitrogens with zero attached hydrogens (tertiary/aromatic N) is 1. The van der Waals surface area contributed by atoms with Gasteiger partial charge >= 0.3 is 0 Å². The molecule has 0 heterocycles. The zero-order valence-electron chi connectivity index (χ0n) is 10.6. The molecule has 3 heteroatoms. The first-order valence-electron chi connectivity index (χ1n) is 6.22. The minimum atomic E-state index is 0.663. The van der Waals surface area contributed by atoms with Gasteiger partial charge in [0.1, 0.15) is 0 Å². The molecule has 0 amide bonds. The van der Waals surface area contributed by atoms with Crippen LogP contribution < -0.4 is 5.32 Å². The van der Waals surface area contributed by atoms with Crippen molar-refractivity contribution in [3.8, 4) is 6.07 Å². The molecule has 96 valence electrons. The Balaban J connectivity index is 2.02. The van der Waals surface area contributed by atoms with Crippen molar-refractivity contribution in [1.29, 1.82) is 5.26 Å². The summed E-state index contributed by atoms with van der Waals surface area (Å²) in [5.74, 6) is 0. The molecule has 1 N–H and O–H groups in total. The van der Waals surface area contributed by atoms with Crippen LogP contribution in [0.4, 0.5) is 11.4 Å². The fraction of sp³-hybridized carbons (Fsp3) is 0. The van der Waals surface area contributed by atoms with Crippen LogP contribution in [0, 0.1) is 11.3 Å². The Hall–Kier alpha value is -2.31. The topological polar surface area (TPSA) is 35.8 Å². The number of nitriles is 1. The maximum Gasteiger partial charge on any atom is 0.0991 e. The average molecular weight is 323 g/mol. The second kappa shape index (κ2) is 5.36. The molecule has 0 saturated carbocycles. The van der Waals surface area contributed by atoms with Crippen LogP contribution >= 0.6 is 15.9 Å². The molecule has 0 fully saturated rings. The molecule has 3 aromatic carbocycles. The van der Waals surface area contributed by atoms with E-state index < -0.39 is 0 Å². The molecule has 0 aliphatic carbocycles. The number of halogens is 1. The van der Waals surface area contributed by atoms with E-state index in [0.29, 0.717) is 5.56 Å². The minimum Gasteiger partial charge on any atom is -0.355 e. The molecule has 0 spiro atoms. The van der Waals surface area contributed by atoms with Gasteiger partial charge in [0.05, 0.1) is 11.6 Å². The zero-order valence-corrected chi connectivity index (χ0v) is 12.2. The van der Waals surface area contributed by atoms with Crippen LogP contribution in [-0.4, -0.2) is 0 Å². The third-order valence-corrected chi connectivity index (χ3v) is 3.86. The van der Waals surface area contributed by atoms with Gasteiger partial charge in [-0.15, -0.1) is 0 Å². The standard InChI is InChI=1S/C17H11BrN2/c18-16-9-10-17(15-4-2-1-3-14(15)16)20-13-7-5-12(11-19)6-8-13/h1-10,20H. The minimum absolute atomic E-state index is 0.663. The highest BCUT2D eigenvalue weighted by Crippen LogP contribution is 2.31. The predicted octanol–water partition coefficient (Wildman–Crippen LogP) is 5.22. The third-order valence-electron chi connectivity index (χ3n) is 3.16. The second-order valence-corrected chi connectivity index (χ2v) is 5.31. The van der Waals surface area contributed by atoms with E-state index in [0.717, 1.165) is 21.2 Å². The summed E-state index contributed by atoms with van der Waals surface area (Å²) in [5.41, 5.74) is 2.68. The molecule has 0 bridgehead atoms. The van der Waals surface area contributed by atoms with Gasteiger partial charge in [-0.1, -0.05) is 40.2 Å². The highest BCUT2D eigenvalue weighted by Gasteiger charge is 2.04. The van der Waals surface area contributed by atoms with Crippen molar-refractivity contribution in [1.82, 2.24) is 0 Å². The fourth-order valence-electron chi connectivity index (χ4n) is 2.15. The molecule has 0 unspecified atom stereocenters. The number of hydrogen-bond acceptors (Lipinski definition) is 2. The van der Waals surface area contributed by atoms with E-state index in [-0.39, 0.29) is 0 Å². The van der Waals surface area contributed by atoms with Gasteiger partial charge in [0, 0.05) is 21.2 Å². The van der Waals surface area contributed by atoms with Gasteiger partial charge in [0.2, 0.25) is 0 Å².